The van der Waals surface area contributed by atoms with E-state index in [0.29, 0.717) is 18.9 Å². The summed E-state index contributed by atoms with van der Waals surface area (Å²) >= 11 is 0. The van der Waals surface area contributed by atoms with Gasteiger partial charge in [0.05, 0.1) is 0 Å². The van der Waals surface area contributed by atoms with E-state index in [1.54, 1.807) is 0 Å². The van der Waals surface area contributed by atoms with Gasteiger partial charge in [0.15, 0.2) is 0 Å². The Kier molecular flexibility index (Phi) is 3.51. The van der Waals surface area contributed by atoms with Gasteiger partial charge in [0, 0.05) is 12.1 Å². The summed E-state index contributed by atoms with van der Waals surface area (Å²) in [5.41, 5.74) is 2.18. The SMILES string of the molecule is O=S(=O)(NC1Cc2ccccc2C1)c1ccc(F)cc1F. The summed E-state index contributed by atoms with van der Waals surface area (Å²) in [5.74, 6) is -1.89. The molecule has 0 saturated heterocycles. The van der Waals surface area contributed by atoms with Crippen LogP contribution < -0.4 is 4.72 Å². The van der Waals surface area contributed by atoms with Gasteiger partial charge in [0.1, 0.15) is 16.5 Å². The van der Waals surface area contributed by atoms with Crippen LogP contribution in [0.4, 0.5) is 8.78 Å². The second-order valence-electron chi connectivity index (χ2n) is 5.07. The Labute approximate surface area is 121 Å². The van der Waals surface area contributed by atoms with E-state index in [9.17, 15) is 17.2 Å². The smallest absolute Gasteiger partial charge is 0.207 e. The number of nitrogens with one attached hydrogen (secondary N) is 1. The molecule has 0 radical (unpaired) electrons. The zero-order valence-corrected chi connectivity index (χ0v) is 11.8. The fourth-order valence-electron chi connectivity index (χ4n) is 2.62. The largest absolute Gasteiger partial charge is 0.243 e. The maximum atomic E-state index is 13.6. The minimum Gasteiger partial charge on any atom is -0.207 e. The summed E-state index contributed by atoms with van der Waals surface area (Å²) in [6, 6.07) is 9.82. The van der Waals surface area contributed by atoms with Crippen LogP contribution in [0.25, 0.3) is 0 Å². The first-order chi connectivity index (χ1) is 9.95. The van der Waals surface area contributed by atoms with Gasteiger partial charge in [0.25, 0.3) is 0 Å². The molecule has 1 aliphatic carbocycles. The Morgan fingerprint density at radius 2 is 1.62 bits per heavy atom. The fourth-order valence-corrected chi connectivity index (χ4v) is 3.91. The number of halogens is 2. The van der Waals surface area contributed by atoms with Gasteiger partial charge < -0.3 is 0 Å². The molecule has 21 heavy (non-hydrogen) atoms. The Balaban J connectivity index is 1.82. The molecule has 0 unspecified atom stereocenters. The van der Waals surface area contributed by atoms with Crippen LogP contribution in [0.1, 0.15) is 11.1 Å². The van der Waals surface area contributed by atoms with E-state index >= 15 is 0 Å². The van der Waals surface area contributed by atoms with Gasteiger partial charge in [-0.25, -0.2) is 21.9 Å². The summed E-state index contributed by atoms with van der Waals surface area (Å²) in [4.78, 5) is -0.528. The van der Waals surface area contributed by atoms with E-state index in [2.05, 4.69) is 4.72 Å². The molecule has 6 heteroatoms. The summed E-state index contributed by atoms with van der Waals surface area (Å²) in [6.07, 6.45) is 1.14. The molecule has 1 N–H and O–H groups in total. The highest BCUT2D eigenvalue weighted by Gasteiger charge is 2.27. The molecule has 0 bridgehead atoms. The highest BCUT2D eigenvalue weighted by atomic mass is 32.2. The van der Waals surface area contributed by atoms with Crippen molar-refractivity contribution in [2.45, 2.75) is 23.8 Å². The monoisotopic (exact) mass is 309 g/mol. The van der Waals surface area contributed by atoms with Gasteiger partial charge in [-0.05, 0) is 36.1 Å². The quantitative estimate of drug-likeness (QED) is 0.946. The Morgan fingerprint density at radius 3 is 2.19 bits per heavy atom. The molecule has 2 aromatic rings. The van der Waals surface area contributed by atoms with Gasteiger partial charge in [-0.3, -0.25) is 0 Å². The number of benzene rings is 2. The summed E-state index contributed by atoms with van der Waals surface area (Å²) < 4.78 is 53.4. The number of fused-ring (bicyclic) bond motifs is 1. The lowest BCUT2D eigenvalue weighted by Gasteiger charge is -2.13. The van der Waals surface area contributed by atoms with E-state index in [-0.39, 0.29) is 6.04 Å². The molecule has 0 saturated carbocycles. The lowest BCUT2D eigenvalue weighted by Crippen LogP contribution is -2.35. The lowest BCUT2D eigenvalue weighted by atomic mass is 10.1. The highest BCUT2D eigenvalue weighted by Crippen LogP contribution is 2.24. The highest BCUT2D eigenvalue weighted by molar-refractivity contribution is 7.89. The molecular weight excluding hydrogens is 296 g/mol. The molecule has 0 spiro atoms. The van der Waals surface area contributed by atoms with Crippen LogP contribution in [0.5, 0.6) is 0 Å². The zero-order valence-electron chi connectivity index (χ0n) is 11.0. The van der Waals surface area contributed by atoms with E-state index in [0.717, 1.165) is 23.3 Å². The van der Waals surface area contributed by atoms with Crippen molar-refractivity contribution >= 4 is 10.0 Å². The third kappa shape index (κ3) is 2.82. The molecule has 3 nitrogen and oxygen atoms in total. The van der Waals surface area contributed by atoms with Crippen LogP contribution in [0.3, 0.4) is 0 Å². The minimum atomic E-state index is -4.00. The molecule has 2 aromatic carbocycles. The average molecular weight is 309 g/mol. The van der Waals surface area contributed by atoms with Crippen LogP contribution in [0.15, 0.2) is 47.4 Å². The van der Waals surface area contributed by atoms with Crippen molar-refractivity contribution in [3.63, 3.8) is 0 Å². The van der Waals surface area contributed by atoms with Crippen LogP contribution in [0.2, 0.25) is 0 Å². The number of hydrogen-bond donors (Lipinski definition) is 1. The maximum absolute atomic E-state index is 13.6. The van der Waals surface area contributed by atoms with E-state index in [4.69, 9.17) is 0 Å². The minimum absolute atomic E-state index is 0.308. The molecule has 0 amide bonds. The topological polar surface area (TPSA) is 46.2 Å². The van der Waals surface area contributed by atoms with Crippen molar-refractivity contribution in [3.05, 3.63) is 65.2 Å². The molecule has 0 heterocycles. The van der Waals surface area contributed by atoms with Gasteiger partial charge in [-0.1, -0.05) is 24.3 Å². The summed E-state index contributed by atoms with van der Waals surface area (Å²) in [6.45, 7) is 0. The van der Waals surface area contributed by atoms with Crippen molar-refractivity contribution in [2.24, 2.45) is 0 Å². The van der Waals surface area contributed by atoms with Gasteiger partial charge in [-0.15, -0.1) is 0 Å². The van der Waals surface area contributed by atoms with E-state index in [1.165, 1.54) is 0 Å². The first kappa shape index (κ1) is 14.2. The van der Waals surface area contributed by atoms with E-state index < -0.39 is 26.6 Å². The van der Waals surface area contributed by atoms with Crippen molar-refractivity contribution in [1.82, 2.24) is 4.72 Å². The molecule has 1 aliphatic rings. The molecule has 0 aromatic heterocycles. The van der Waals surface area contributed by atoms with Crippen LogP contribution >= 0.6 is 0 Å². The van der Waals surface area contributed by atoms with Crippen LogP contribution in [-0.4, -0.2) is 14.5 Å². The molecule has 3 rings (SSSR count). The van der Waals surface area contributed by atoms with Crippen LogP contribution in [-0.2, 0) is 22.9 Å². The van der Waals surface area contributed by atoms with Gasteiger partial charge in [0.2, 0.25) is 10.0 Å². The lowest BCUT2D eigenvalue weighted by molar-refractivity contribution is 0.531. The zero-order chi connectivity index (χ0) is 15.0. The predicted molar refractivity (Wildman–Crippen MR) is 74.3 cm³/mol. The average Bonchev–Trinajstić information content (AvgIpc) is 2.79. The second kappa shape index (κ2) is 5.20. The number of hydrogen-bond acceptors (Lipinski definition) is 2. The molecule has 110 valence electrons. The third-order valence-corrected chi connectivity index (χ3v) is 5.11. The number of sulfonamides is 1. The molecule has 0 atom stereocenters. The maximum Gasteiger partial charge on any atom is 0.243 e. The van der Waals surface area contributed by atoms with Crippen molar-refractivity contribution in [1.29, 1.82) is 0 Å². The van der Waals surface area contributed by atoms with E-state index in [1.807, 2.05) is 24.3 Å². The second-order valence-corrected chi connectivity index (χ2v) is 6.75. The summed E-state index contributed by atoms with van der Waals surface area (Å²) in [5, 5.41) is 0. The first-order valence-corrected chi connectivity index (χ1v) is 7.98. The molecular formula is C15H13F2NO2S. The van der Waals surface area contributed by atoms with Crippen LogP contribution in [0, 0.1) is 11.6 Å². The standard InChI is InChI=1S/C15H13F2NO2S/c16-12-5-6-15(14(17)9-12)21(19,20)18-13-7-10-3-1-2-4-11(10)8-13/h1-6,9,13,18H,7-8H2. The molecule has 0 fully saturated rings. The Bertz CT molecular complexity index is 765. The Hall–Kier alpha value is -1.79. The summed E-state index contributed by atoms with van der Waals surface area (Å²) in [7, 11) is -4.00. The van der Waals surface area contributed by atoms with Crippen molar-refractivity contribution < 1.29 is 17.2 Å². The van der Waals surface area contributed by atoms with Gasteiger partial charge >= 0.3 is 0 Å². The normalized spacial score (nSPS) is 15.1. The third-order valence-electron chi connectivity index (χ3n) is 3.56. The van der Waals surface area contributed by atoms with Gasteiger partial charge in [-0.2, -0.15) is 0 Å². The fraction of sp³-hybridized carbons (Fsp3) is 0.200. The predicted octanol–water partition coefficient (Wildman–Crippen LogP) is 2.41. The number of rotatable bonds is 3. The molecule has 0 aliphatic heterocycles. The first-order valence-electron chi connectivity index (χ1n) is 6.50. The Morgan fingerprint density at radius 1 is 1.00 bits per heavy atom. The van der Waals surface area contributed by atoms with Crippen molar-refractivity contribution in [2.75, 3.05) is 0 Å². The van der Waals surface area contributed by atoms with Crippen molar-refractivity contribution in [3.8, 4) is 0 Å².